The van der Waals surface area contributed by atoms with E-state index in [1.807, 2.05) is 44.2 Å². The van der Waals surface area contributed by atoms with Crippen molar-refractivity contribution < 1.29 is 9.47 Å². The van der Waals surface area contributed by atoms with Crippen LogP contribution in [-0.2, 0) is 13.6 Å². The molecule has 0 unspecified atom stereocenters. The summed E-state index contributed by atoms with van der Waals surface area (Å²) in [6.07, 6.45) is 2.03. The number of H-pyrrole nitrogens is 1. The van der Waals surface area contributed by atoms with E-state index in [0.29, 0.717) is 40.5 Å². The normalized spacial score (nSPS) is 11.0. The molecule has 0 aliphatic rings. The van der Waals surface area contributed by atoms with Gasteiger partial charge in [-0.25, -0.2) is 4.98 Å². The maximum absolute atomic E-state index is 12.9. The fraction of sp³-hybridized carbons (Fsp3) is 0.250. The second kappa shape index (κ2) is 8.18. The van der Waals surface area contributed by atoms with Crippen molar-refractivity contribution in [1.82, 2.24) is 14.5 Å². The number of nitrogens with zero attached hydrogens (tertiary/aromatic N) is 3. The van der Waals surface area contributed by atoms with E-state index in [4.69, 9.17) is 14.5 Å². The molecule has 0 radical (unpaired) electrons. The van der Waals surface area contributed by atoms with Crippen LogP contribution in [-0.4, -0.2) is 35.8 Å². The third-order valence-electron chi connectivity index (χ3n) is 5.51. The lowest BCUT2D eigenvalue weighted by Gasteiger charge is -2.19. The van der Waals surface area contributed by atoms with Gasteiger partial charge in [-0.05, 0) is 36.2 Å². The van der Waals surface area contributed by atoms with E-state index < -0.39 is 0 Å². The van der Waals surface area contributed by atoms with Crippen molar-refractivity contribution in [2.45, 2.75) is 13.5 Å². The van der Waals surface area contributed by atoms with Gasteiger partial charge >= 0.3 is 0 Å². The predicted octanol–water partition coefficient (Wildman–Crippen LogP) is 3.89. The average molecular weight is 418 g/mol. The summed E-state index contributed by atoms with van der Waals surface area (Å²) in [6, 6.07) is 14.2. The van der Waals surface area contributed by atoms with Crippen molar-refractivity contribution >= 4 is 16.9 Å². The van der Waals surface area contributed by atoms with Crippen molar-refractivity contribution in [1.29, 1.82) is 0 Å². The smallest absolute Gasteiger partial charge is 0.260 e. The van der Waals surface area contributed by atoms with Crippen molar-refractivity contribution in [2.75, 3.05) is 26.2 Å². The van der Waals surface area contributed by atoms with E-state index in [-0.39, 0.29) is 5.56 Å². The minimum absolute atomic E-state index is 0.206. The molecule has 4 aromatic rings. The Morgan fingerprint density at radius 3 is 2.61 bits per heavy atom. The van der Waals surface area contributed by atoms with Gasteiger partial charge in [0.25, 0.3) is 5.56 Å². The first-order valence-electron chi connectivity index (χ1n) is 10.00. The molecular weight excluding hydrogens is 392 g/mol. The Hall–Kier alpha value is -3.74. The zero-order chi connectivity index (χ0) is 22.1. The third kappa shape index (κ3) is 3.74. The number of fused-ring (bicyclic) bond motifs is 1. The van der Waals surface area contributed by atoms with E-state index in [0.717, 1.165) is 16.8 Å². The number of aromatic amines is 1. The zero-order valence-corrected chi connectivity index (χ0v) is 18.4. The summed E-state index contributed by atoms with van der Waals surface area (Å²) < 4.78 is 12.9. The molecule has 160 valence electrons. The van der Waals surface area contributed by atoms with Crippen LogP contribution in [0.25, 0.3) is 22.2 Å². The topological polar surface area (TPSA) is 72.4 Å². The lowest BCUT2D eigenvalue weighted by atomic mass is 10.1. The van der Waals surface area contributed by atoms with Gasteiger partial charge < -0.3 is 18.9 Å². The van der Waals surface area contributed by atoms with E-state index in [1.54, 1.807) is 20.3 Å². The first-order valence-corrected chi connectivity index (χ1v) is 10.00. The molecule has 0 amide bonds. The van der Waals surface area contributed by atoms with Crippen LogP contribution in [0, 0.1) is 6.92 Å². The second-order valence-electron chi connectivity index (χ2n) is 7.58. The number of anilines is 1. The van der Waals surface area contributed by atoms with Gasteiger partial charge in [-0.2, -0.15) is 0 Å². The molecule has 0 aliphatic carbocycles. The van der Waals surface area contributed by atoms with Crippen molar-refractivity contribution in [2.24, 2.45) is 7.05 Å². The quantitative estimate of drug-likeness (QED) is 0.514. The lowest BCUT2D eigenvalue weighted by Crippen LogP contribution is -2.23. The molecule has 0 atom stereocenters. The molecule has 2 heterocycles. The molecule has 0 saturated carbocycles. The summed E-state index contributed by atoms with van der Waals surface area (Å²) in [7, 11) is 7.07. The monoisotopic (exact) mass is 418 g/mol. The maximum atomic E-state index is 12.9. The maximum Gasteiger partial charge on any atom is 0.260 e. The highest BCUT2D eigenvalue weighted by Crippen LogP contribution is 2.35. The molecule has 0 bridgehead atoms. The van der Waals surface area contributed by atoms with Crippen molar-refractivity contribution in [3.63, 3.8) is 0 Å². The van der Waals surface area contributed by atoms with Crippen LogP contribution in [0.3, 0.4) is 0 Å². The second-order valence-corrected chi connectivity index (χ2v) is 7.58. The van der Waals surface area contributed by atoms with Crippen LogP contribution in [0.5, 0.6) is 11.5 Å². The lowest BCUT2D eigenvalue weighted by molar-refractivity contribution is 0.354. The van der Waals surface area contributed by atoms with E-state index in [2.05, 4.69) is 33.8 Å². The molecule has 0 fully saturated rings. The number of aromatic nitrogens is 3. The molecule has 0 spiro atoms. The minimum atomic E-state index is -0.206. The van der Waals surface area contributed by atoms with Gasteiger partial charge in [-0.1, -0.05) is 18.2 Å². The van der Waals surface area contributed by atoms with Gasteiger partial charge in [-0.15, -0.1) is 0 Å². The van der Waals surface area contributed by atoms with E-state index in [1.165, 1.54) is 0 Å². The van der Waals surface area contributed by atoms with Crippen LogP contribution < -0.4 is 19.9 Å². The third-order valence-corrected chi connectivity index (χ3v) is 5.51. The minimum Gasteiger partial charge on any atom is -0.493 e. The van der Waals surface area contributed by atoms with Gasteiger partial charge in [0.2, 0.25) is 5.95 Å². The summed E-state index contributed by atoms with van der Waals surface area (Å²) in [5, 5.41) is 0.500. The number of nitrogens with one attached hydrogen (secondary N) is 1. The average Bonchev–Trinajstić information content (AvgIpc) is 3.19. The fourth-order valence-corrected chi connectivity index (χ4v) is 3.96. The predicted molar refractivity (Wildman–Crippen MR) is 123 cm³/mol. The first-order chi connectivity index (χ1) is 14.9. The first kappa shape index (κ1) is 20.5. The molecule has 31 heavy (non-hydrogen) atoms. The summed E-state index contributed by atoms with van der Waals surface area (Å²) in [5.74, 6) is 1.59. The van der Waals surface area contributed by atoms with Crippen LogP contribution in [0.4, 0.5) is 5.95 Å². The van der Waals surface area contributed by atoms with E-state index in [9.17, 15) is 4.79 Å². The van der Waals surface area contributed by atoms with Gasteiger partial charge in [0.05, 0.1) is 25.1 Å². The molecule has 7 nitrogen and oxygen atoms in total. The molecule has 2 aromatic carbocycles. The molecular formula is C24H26N4O3. The largest absolute Gasteiger partial charge is 0.493 e. The highest BCUT2D eigenvalue weighted by molar-refractivity contribution is 5.86. The van der Waals surface area contributed by atoms with Crippen LogP contribution in [0.2, 0.25) is 0 Å². The van der Waals surface area contributed by atoms with Crippen LogP contribution in [0.1, 0.15) is 11.1 Å². The molecule has 2 aromatic heterocycles. The van der Waals surface area contributed by atoms with Gasteiger partial charge in [-0.3, -0.25) is 9.78 Å². The number of ether oxygens (including phenoxy) is 2. The van der Waals surface area contributed by atoms with Crippen LogP contribution >= 0.6 is 0 Å². The molecule has 0 aliphatic heterocycles. The zero-order valence-electron chi connectivity index (χ0n) is 18.4. The Morgan fingerprint density at radius 1 is 1.13 bits per heavy atom. The SMILES string of the molecule is COc1cc2nc(N(C)Cc3cccc(-c4cccn4C)c3)[nH]c(=O)c2c(C)c1OC. The number of aryl methyl sites for hydroxylation is 2. The van der Waals surface area contributed by atoms with Crippen LogP contribution in [0.15, 0.2) is 53.5 Å². The molecule has 4 rings (SSSR count). The van der Waals surface area contributed by atoms with Crippen molar-refractivity contribution in [3.05, 3.63) is 70.1 Å². The highest BCUT2D eigenvalue weighted by atomic mass is 16.5. The number of hydrogen-bond acceptors (Lipinski definition) is 5. The Morgan fingerprint density at radius 2 is 1.94 bits per heavy atom. The van der Waals surface area contributed by atoms with Gasteiger partial charge in [0, 0.05) is 44.2 Å². The number of methoxy groups -OCH3 is 2. The Labute approximate surface area is 180 Å². The number of hydrogen-bond donors (Lipinski definition) is 1. The number of benzene rings is 2. The van der Waals surface area contributed by atoms with Crippen molar-refractivity contribution in [3.8, 4) is 22.8 Å². The molecule has 1 N–H and O–H groups in total. The summed E-state index contributed by atoms with van der Waals surface area (Å²) in [6.45, 7) is 2.43. The molecule has 7 heteroatoms. The highest BCUT2D eigenvalue weighted by Gasteiger charge is 2.17. The Balaban J connectivity index is 1.69. The fourth-order valence-electron chi connectivity index (χ4n) is 3.96. The molecule has 0 saturated heterocycles. The number of rotatable bonds is 6. The Bertz CT molecular complexity index is 1310. The Kier molecular flexibility index (Phi) is 5.42. The summed E-state index contributed by atoms with van der Waals surface area (Å²) in [4.78, 5) is 22.4. The standard InChI is InChI=1S/C24H26N4O3/c1-15-21-18(13-20(30-4)22(15)31-5)25-24(26-23(21)29)28(3)14-16-8-6-9-17(12-16)19-10-7-11-27(19)2/h6-13H,14H2,1-5H3,(H,25,26,29). The van der Waals surface area contributed by atoms with E-state index >= 15 is 0 Å². The van der Waals surface area contributed by atoms with Gasteiger partial charge in [0.1, 0.15) is 0 Å². The summed E-state index contributed by atoms with van der Waals surface area (Å²) in [5.41, 5.74) is 4.48. The van der Waals surface area contributed by atoms with Gasteiger partial charge in [0.15, 0.2) is 11.5 Å². The summed E-state index contributed by atoms with van der Waals surface area (Å²) >= 11 is 0.